The van der Waals surface area contributed by atoms with Gasteiger partial charge < -0.3 is 5.32 Å². The van der Waals surface area contributed by atoms with Crippen LogP contribution in [0, 0.1) is 13.8 Å². The van der Waals surface area contributed by atoms with Gasteiger partial charge in [0.1, 0.15) is 0 Å². The molecule has 0 spiro atoms. The number of carbonyl (C=O) groups is 1. The summed E-state index contributed by atoms with van der Waals surface area (Å²) in [4.78, 5) is 17.3. The molecule has 6 nitrogen and oxygen atoms in total. The van der Waals surface area contributed by atoms with Gasteiger partial charge in [-0.15, -0.1) is 11.3 Å². The molecule has 3 aromatic heterocycles. The minimum atomic E-state index is 0.0198. The van der Waals surface area contributed by atoms with Crippen LogP contribution in [0.4, 0.5) is 0 Å². The van der Waals surface area contributed by atoms with E-state index in [4.69, 9.17) is 0 Å². The monoisotopic (exact) mass is 303 g/mol. The Hall–Kier alpha value is -2.15. The summed E-state index contributed by atoms with van der Waals surface area (Å²) in [5.41, 5.74) is 4.03. The average Bonchev–Trinajstić information content (AvgIpc) is 3.12. The summed E-state index contributed by atoms with van der Waals surface area (Å²) in [6.45, 7) is 4.46. The Morgan fingerprint density at radius 2 is 2.33 bits per heavy atom. The van der Waals surface area contributed by atoms with Crippen molar-refractivity contribution < 1.29 is 4.79 Å². The molecular weight excluding hydrogens is 286 g/mol. The van der Waals surface area contributed by atoms with Crippen LogP contribution in [-0.4, -0.2) is 25.5 Å². The highest BCUT2D eigenvalue weighted by Gasteiger charge is 2.09. The molecule has 110 valence electrons. The predicted octanol–water partition coefficient (Wildman–Crippen LogP) is 1.98. The van der Waals surface area contributed by atoms with Crippen molar-refractivity contribution in [2.75, 3.05) is 0 Å². The summed E-state index contributed by atoms with van der Waals surface area (Å²) < 4.78 is 1.96. The number of nitrogens with zero attached hydrogens (tertiary/aromatic N) is 3. The van der Waals surface area contributed by atoms with Crippen molar-refractivity contribution in [2.45, 2.75) is 33.2 Å². The quantitative estimate of drug-likeness (QED) is 0.757. The highest BCUT2D eigenvalue weighted by Crippen LogP contribution is 2.12. The molecule has 21 heavy (non-hydrogen) atoms. The Labute approximate surface area is 126 Å². The van der Waals surface area contributed by atoms with Crippen molar-refractivity contribution in [1.82, 2.24) is 24.9 Å². The third kappa shape index (κ3) is 2.97. The van der Waals surface area contributed by atoms with Gasteiger partial charge in [0.2, 0.25) is 5.91 Å². The third-order valence-corrected chi connectivity index (χ3v) is 4.32. The van der Waals surface area contributed by atoms with E-state index in [2.05, 4.69) is 20.5 Å². The Kier molecular flexibility index (Phi) is 3.74. The number of aromatic amines is 1. The Morgan fingerprint density at radius 3 is 3.05 bits per heavy atom. The van der Waals surface area contributed by atoms with Crippen LogP contribution in [0.5, 0.6) is 0 Å². The van der Waals surface area contributed by atoms with E-state index in [0.717, 1.165) is 27.6 Å². The summed E-state index contributed by atoms with van der Waals surface area (Å²) in [6.07, 6.45) is 4.99. The second-order valence-electron chi connectivity index (χ2n) is 5.02. The number of aromatic nitrogens is 4. The predicted molar refractivity (Wildman–Crippen MR) is 81.3 cm³/mol. The zero-order chi connectivity index (χ0) is 14.8. The SMILES string of the molecule is Cc1[nH]nc(CCC(=O)NCc2cn3ccsc3n2)c1C. The number of hydrogen-bond donors (Lipinski definition) is 2. The molecule has 0 atom stereocenters. The average molecular weight is 303 g/mol. The highest BCUT2D eigenvalue weighted by atomic mass is 32.1. The Morgan fingerprint density at radius 1 is 1.48 bits per heavy atom. The number of nitrogens with one attached hydrogen (secondary N) is 2. The minimum absolute atomic E-state index is 0.0198. The molecule has 1 amide bonds. The van der Waals surface area contributed by atoms with E-state index in [1.807, 2.05) is 36.0 Å². The van der Waals surface area contributed by atoms with Crippen molar-refractivity contribution in [3.8, 4) is 0 Å². The number of imidazole rings is 1. The van der Waals surface area contributed by atoms with E-state index in [1.165, 1.54) is 0 Å². The lowest BCUT2D eigenvalue weighted by atomic mass is 10.1. The molecule has 0 unspecified atom stereocenters. The van der Waals surface area contributed by atoms with E-state index in [1.54, 1.807) is 11.3 Å². The largest absolute Gasteiger partial charge is 0.350 e. The van der Waals surface area contributed by atoms with Crippen LogP contribution in [0.1, 0.15) is 29.1 Å². The maximum absolute atomic E-state index is 11.9. The van der Waals surface area contributed by atoms with Crippen LogP contribution in [-0.2, 0) is 17.8 Å². The number of thiazole rings is 1. The summed E-state index contributed by atoms with van der Waals surface area (Å²) >= 11 is 1.58. The molecule has 0 aliphatic rings. The first-order chi connectivity index (χ1) is 10.1. The topological polar surface area (TPSA) is 75.1 Å². The van der Waals surface area contributed by atoms with Crippen molar-refractivity contribution >= 4 is 22.2 Å². The van der Waals surface area contributed by atoms with Crippen LogP contribution in [0.3, 0.4) is 0 Å². The molecule has 0 bridgehead atoms. The summed E-state index contributed by atoms with van der Waals surface area (Å²) in [7, 11) is 0. The lowest BCUT2D eigenvalue weighted by Gasteiger charge is -2.02. The number of rotatable bonds is 5. The first-order valence-electron chi connectivity index (χ1n) is 6.81. The van der Waals surface area contributed by atoms with Gasteiger partial charge in [-0.1, -0.05) is 0 Å². The van der Waals surface area contributed by atoms with Crippen LogP contribution in [0.2, 0.25) is 0 Å². The third-order valence-electron chi connectivity index (χ3n) is 3.55. The van der Waals surface area contributed by atoms with E-state index in [-0.39, 0.29) is 5.91 Å². The second kappa shape index (κ2) is 5.69. The normalized spacial score (nSPS) is 11.1. The smallest absolute Gasteiger partial charge is 0.220 e. The number of hydrogen-bond acceptors (Lipinski definition) is 4. The van der Waals surface area contributed by atoms with Crippen molar-refractivity contribution in [3.05, 3.63) is 40.4 Å². The summed E-state index contributed by atoms with van der Waals surface area (Å²) in [5.74, 6) is 0.0198. The van der Waals surface area contributed by atoms with Gasteiger partial charge >= 0.3 is 0 Å². The molecule has 0 saturated carbocycles. The van der Waals surface area contributed by atoms with Gasteiger partial charge in [0, 0.05) is 36.3 Å². The lowest BCUT2D eigenvalue weighted by Crippen LogP contribution is -2.23. The van der Waals surface area contributed by atoms with Crippen molar-refractivity contribution in [1.29, 1.82) is 0 Å². The summed E-state index contributed by atoms with van der Waals surface area (Å²) in [6, 6.07) is 0. The van der Waals surface area contributed by atoms with Gasteiger partial charge in [-0.2, -0.15) is 5.10 Å². The van der Waals surface area contributed by atoms with E-state index in [9.17, 15) is 4.79 Å². The minimum Gasteiger partial charge on any atom is -0.350 e. The van der Waals surface area contributed by atoms with Gasteiger partial charge in [0.05, 0.1) is 17.9 Å². The molecule has 2 N–H and O–H groups in total. The number of H-pyrrole nitrogens is 1. The fourth-order valence-electron chi connectivity index (χ4n) is 2.15. The van der Waals surface area contributed by atoms with E-state index in [0.29, 0.717) is 19.4 Å². The Bertz CT molecular complexity index is 741. The highest BCUT2D eigenvalue weighted by molar-refractivity contribution is 7.15. The maximum atomic E-state index is 11.9. The molecule has 0 saturated heterocycles. The molecule has 0 aromatic carbocycles. The zero-order valence-corrected chi connectivity index (χ0v) is 12.8. The van der Waals surface area contributed by atoms with E-state index < -0.39 is 0 Å². The fraction of sp³-hybridized carbons (Fsp3) is 0.357. The van der Waals surface area contributed by atoms with Crippen molar-refractivity contribution in [2.24, 2.45) is 0 Å². The van der Waals surface area contributed by atoms with Gasteiger partial charge in [-0.25, -0.2) is 4.98 Å². The van der Waals surface area contributed by atoms with Crippen molar-refractivity contribution in [3.63, 3.8) is 0 Å². The maximum Gasteiger partial charge on any atom is 0.220 e. The van der Waals surface area contributed by atoms with Crippen LogP contribution >= 0.6 is 11.3 Å². The lowest BCUT2D eigenvalue weighted by molar-refractivity contribution is -0.121. The van der Waals surface area contributed by atoms with Gasteiger partial charge in [0.15, 0.2) is 4.96 Å². The van der Waals surface area contributed by atoms with Gasteiger partial charge in [-0.3, -0.25) is 14.3 Å². The first-order valence-corrected chi connectivity index (χ1v) is 7.69. The molecule has 7 heteroatoms. The Balaban J connectivity index is 1.50. The van der Waals surface area contributed by atoms with Gasteiger partial charge in [-0.05, 0) is 19.4 Å². The second-order valence-corrected chi connectivity index (χ2v) is 5.90. The molecule has 0 fully saturated rings. The fourth-order valence-corrected chi connectivity index (χ4v) is 2.87. The molecule has 3 rings (SSSR count). The molecule has 0 aliphatic carbocycles. The number of carbonyl (C=O) groups excluding carboxylic acids is 1. The molecule has 3 aromatic rings. The molecular formula is C14H17N5OS. The number of amides is 1. The molecule has 3 heterocycles. The molecule has 0 aliphatic heterocycles. The zero-order valence-electron chi connectivity index (χ0n) is 12.0. The summed E-state index contributed by atoms with van der Waals surface area (Å²) in [5, 5.41) is 12.0. The first kappa shape index (κ1) is 13.8. The van der Waals surface area contributed by atoms with Gasteiger partial charge in [0.25, 0.3) is 0 Å². The number of fused-ring (bicyclic) bond motifs is 1. The number of aryl methyl sites for hydroxylation is 2. The van der Waals surface area contributed by atoms with Crippen LogP contribution < -0.4 is 5.32 Å². The van der Waals surface area contributed by atoms with Crippen LogP contribution in [0.25, 0.3) is 4.96 Å². The van der Waals surface area contributed by atoms with Crippen LogP contribution in [0.15, 0.2) is 17.8 Å². The standard InChI is InChI=1S/C14H17N5OS/c1-9-10(2)17-18-12(9)3-4-13(20)15-7-11-8-19-5-6-21-14(19)16-11/h5-6,8H,3-4,7H2,1-2H3,(H,15,20)(H,17,18). The molecule has 0 radical (unpaired) electrons. The van der Waals surface area contributed by atoms with E-state index >= 15 is 0 Å².